The van der Waals surface area contributed by atoms with Crippen LogP contribution in [0.15, 0.2) is 54.6 Å². The fourth-order valence-electron chi connectivity index (χ4n) is 1.73. The standard InChI is InChI=1S/C15H15N3O2/c1-16-14(19)12-9-5-6-10-13(12)18-15(20)17-11-7-3-2-4-8-11/h2-10H,1H3,(H,16,19)(H2,17,18,20). The Hall–Kier alpha value is -2.82. The predicted molar refractivity (Wildman–Crippen MR) is 78.9 cm³/mol. The molecule has 2 rings (SSSR count). The third-order valence-corrected chi connectivity index (χ3v) is 2.68. The van der Waals surface area contributed by atoms with E-state index >= 15 is 0 Å². The zero-order valence-corrected chi connectivity index (χ0v) is 11.0. The summed E-state index contributed by atoms with van der Waals surface area (Å²) in [6.45, 7) is 0. The Morgan fingerprint density at radius 2 is 1.50 bits per heavy atom. The molecule has 0 bridgehead atoms. The number of carbonyl (C=O) groups is 2. The third kappa shape index (κ3) is 3.35. The minimum absolute atomic E-state index is 0.249. The van der Waals surface area contributed by atoms with Crippen LogP contribution in [0.2, 0.25) is 0 Å². The molecule has 0 saturated heterocycles. The summed E-state index contributed by atoms with van der Waals surface area (Å²) in [7, 11) is 1.54. The molecule has 0 aromatic heterocycles. The molecule has 0 heterocycles. The molecule has 0 radical (unpaired) electrons. The van der Waals surface area contributed by atoms with Crippen molar-refractivity contribution in [1.29, 1.82) is 0 Å². The van der Waals surface area contributed by atoms with Crippen LogP contribution in [0.5, 0.6) is 0 Å². The van der Waals surface area contributed by atoms with Crippen LogP contribution in [-0.2, 0) is 0 Å². The highest BCUT2D eigenvalue weighted by molar-refractivity contribution is 6.06. The van der Waals surface area contributed by atoms with Crippen molar-refractivity contribution in [1.82, 2.24) is 5.32 Å². The fourth-order valence-corrected chi connectivity index (χ4v) is 1.73. The molecule has 0 saturated carbocycles. The molecule has 20 heavy (non-hydrogen) atoms. The molecule has 2 aromatic carbocycles. The summed E-state index contributed by atoms with van der Waals surface area (Å²) in [6.07, 6.45) is 0. The van der Waals surface area contributed by atoms with Crippen LogP contribution in [0, 0.1) is 0 Å². The van der Waals surface area contributed by atoms with Gasteiger partial charge in [-0.1, -0.05) is 30.3 Å². The average molecular weight is 269 g/mol. The van der Waals surface area contributed by atoms with E-state index in [0.29, 0.717) is 16.9 Å². The summed E-state index contributed by atoms with van der Waals surface area (Å²) in [5.74, 6) is -0.249. The number of hydrogen-bond donors (Lipinski definition) is 3. The Balaban J connectivity index is 2.10. The van der Waals surface area contributed by atoms with Crippen molar-refractivity contribution < 1.29 is 9.59 Å². The number of rotatable bonds is 3. The summed E-state index contributed by atoms with van der Waals surface area (Å²) in [5, 5.41) is 7.89. The van der Waals surface area contributed by atoms with E-state index in [-0.39, 0.29) is 5.91 Å². The summed E-state index contributed by atoms with van der Waals surface area (Å²) >= 11 is 0. The summed E-state index contributed by atoms with van der Waals surface area (Å²) in [6, 6.07) is 15.5. The van der Waals surface area contributed by atoms with Crippen LogP contribution in [0.3, 0.4) is 0 Å². The van der Waals surface area contributed by atoms with Crippen molar-refractivity contribution in [2.75, 3.05) is 17.7 Å². The van der Waals surface area contributed by atoms with Gasteiger partial charge in [0.1, 0.15) is 0 Å². The molecule has 0 aliphatic heterocycles. The average Bonchev–Trinajstić information content (AvgIpc) is 2.48. The van der Waals surface area contributed by atoms with Crippen LogP contribution < -0.4 is 16.0 Å². The number of nitrogens with one attached hydrogen (secondary N) is 3. The molecule has 2 aromatic rings. The highest BCUT2D eigenvalue weighted by atomic mass is 16.2. The first-order chi connectivity index (χ1) is 9.70. The van der Waals surface area contributed by atoms with Crippen LogP contribution in [-0.4, -0.2) is 19.0 Å². The monoisotopic (exact) mass is 269 g/mol. The fraction of sp³-hybridized carbons (Fsp3) is 0.0667. The van der Waals surface area contributed by atoms with Gasteiger partial charge in [0.25, 0.3) is 5.91 Å². The molecule has 0 unspecified atom stereocenters. The molecule has 0 aliphatic carbocycles. The van der Waals surface area contributed by atoms with E-state index < -0.39 is 6.03 Å². The predicted octanol–water partition coefficient (Wildman–Crippen LogP) is 2.69. The summed E-state index contributed by atoms with van der Waals surface area (Å²) in [4.78, 5) is 23.6. The normalized spacial score (nSPS) is 9.65. The molecule has 0 spiro atoms. The van der Waals surface area contributed by atoms with Crippen molar-refractivity contribution in [2.45, 2.75) is 0 Å². The van der Waals surface area contributed by atoms with Gasteiger partial charge in [0.05, 0.1) is 11.3 Å². The quantitative estimate of drug-likeness (QED) is 0.801. The molecule has 5 nitrogen and oxygen atoms in total. The topological polar surface area (TPSA) is 70.2 Å². The lowest BCUT2D eigenvalue weighted by atomic mass is 10.1. The Morgan fingerprint density at radius 1 is 0.850 bits per heavy atom. The van der Waals surface area contributed by atoms with Crippen LogP contribution in [0.4, 0.5) is 16.2 Å². The number of benzene rings is 2. The van der Waals surface area contributed by atoms with E-state index in [0.717, 1.165) is 0 Å². The van der Waals surface area contributed by atoms with Crippen LogP contribution in [0.25, 0.3) is 0 Å². The molecular weight excluding hydrogens is 254 g/mol. The zero-order chi connectivity index (χ0) is 14.4. The number of carbonyl (C=O) groups excluding carboxylic acids is 2. The number of amides is 3. The lowest BCUT2D eigenvalue weighted by Crippen LogP contribution is -2.24. The highest BCUT2D eigenvalue weighted by Gasteiger charge is 2.11. The lowest BCUT2D eigenvalue weighted by molar-refractivity contribution is 0.0964. The number of para-hydroxylation sites is 2. The first-order valence-corrected chi connectivity index (χ1v) is 6.15. The first kappa shape index (κ1) is 13.6. The smallest absolute Gasteiger partial charge is 0.323 e. The molecule has 0 atom stereocenters. The van der Waals surface area contributed by atoms with E-state index in [1.807, 2.05) is 18.2 Å². The van der Waals surface area contributed by atoms with Gasteiger partial charge in [0, 0.05) is 12.7 Å². The van der Waals surface area contributed by atoms with Crippen LogP contribution in [0.1, 0.15) is 10.4 Å². The molecule has 3 N–H and O–H groups in total. The third-order valence-electron chi connectivity index (χ3n) is 2.68. The first-order valence-electron chi connectivity index (χ1n) is 6.15. The van der Waals surface area contributed by atoms with Crippen molar-refractivity contribution in [3.05, 3.63) is 60.2 Å². The maximum atomic E-state index is 11.9. The van der Waals surface area contributed by atoms with Crippen molar-refractivity contribution >= 4 is 23.3 Å². The van der Waals surface area contributed by atoms with Gasteiger partial charge in [-0.05, 0) is 24.3 Å². The second-order valence-electron chi connectivity index (χ2n) is 4.07. The minimum Gasteiger partial charge on any atom is -0.355 e. The van der Waals surface area contributed by atoms with Gasteiger partial charge < -0.3 is 16.0 Å². The van der Waals surface area contributed by atoms with E-state index in [1.165, 1.54) is 0 Å². The van der Waals surface area contributed by atoms with Crippen molar-refractivity contribution in [3.63, 3.8) is 0 Å². The van der Waals surface area contributed by atoms with Crippen molar-refractivity contribution in [3.8, 4) is 0 Å². The van der Waals surface area contributed by atoms with Gasteiger partial charge in [0.15, 0.2) is 0 Å². The maximum absolute atomic E-state index is 11.9. The highest BCUT2D eigenvalue weighted by Crippen LogP contribution is 2.15. The lowest BCUT2D eigenvalue weighted by Gasteiger charge is -2.11. The molecule has 0 aliphatic rings. The maximum Gasteiger partial charge on any atom is 0.323 e. The largest absolute Gasteiger partial charge is 0.355 e. The molecule has 102 valence electrons. The number of urea groups is 1. The SMILES string of the molecule is CNC(=O)c1ccccc1NC(=O)Nc1ccccc1. The van der Waals surface area contributed by atoms with Crippen LogP contribution >= 0.6 is 0 Å². The van der Waals surface area contributed by atoms with Gasteiger partial charge in [-0.15, -0.1) is 0 Å². The molecule has 3 amide bonds. The van der Waals surface area contributed by atoms with Gasteiger partial charge in [-0.3, -0.25) is 4.79 Å². The minimum atomic E-state index is -0.396. The van der Waals surface area contributed by atoms with Gasteiger partial charge in [-0.25, -0.2) is 4.79 Å². The van der Waals surface area contributed by atoms with E-state index in [4.69, 9.17) is 0 Å². The van der Waals surface area contributed by atoms with E-state index in [9.17, 15) is 9.59 Å². The Labute approximate surface area is 117 Å². The second-order valence-corrected chi connectivity index (χ2v) is 4.07. The van der Waals surface area contributed by atoms with E-state index in [1.54, 1.807) is 43.4 Å². The van der Waals surface area contributed by atoms with Gasteiger partial charge in [0.2, 0.25) is 0 Å². The van der Waals surface area contributed by atoms with E-state index in [2.05, 4.69) is 16.0 Å². The van der Waals surface area contributed by atoms with Gasteiger partial charge in [-0.2, -0.15) is 0 Å². The molecule has 5 heteroatoms. The Kier molecular flexibility index (Phi) is 4.34. The Bertz CT molecular complexity index is 612. The number of anilines is 2. The summed E-state index contributed by atoms with van der Waals surface area (Å²) in [5.41, 5.74) is 1.56. The Morgan fingerprint density at radius 3 is 2.20 bits per heavy atom. The molecule has 0 fully saturated rings. The second kappa shape index (κ2) is 6.38. The number of hydrogen-bond acceptors (Lipinski definition) is 2. The summed E-state index contributed by atoms with van der Waals surface area (Å²) < 4.78 is 0. The van der Waals surface area contributed by atoms with Gasteiger partial charge >= 0.3 is 6.03 Å². The zero-order valence-electron chi connectivity index (χ0n) is 11.0. The molecular formula is C15H15N3O2. The van der Waals surface area contributed by atoms with Crippen molar-refractivity contribution in [2.24, 2.45) is 0 Å².